The molecule has 182 valence electrons. The molecule has 1 aromatic carbocycles. The number of aromatic nitrogens is 4. The van der Waals surface area contributed by atoms with Gasteiger partial charge in [-0.05, 0) is 43.7 Å². The lowest BCUT2D eigenvalue weighted by Crippen LogP contribution is -2.49. The molecule has 1 fully saturated rings. The van der Waals surface area contributed by atoms with Gasteiger partial charge in [-0.25, -0.2) is 14.4 Å². The lowest BCUT2D eigenvalue weighted by molar-refractivity contribution is 0.0740. The van der Waals surface area contributed by atoms with Crippen LogP contribution in [0.25, 0.3) is 22.5 Å². The third-order valence-corrected chi connectivity index (χ3v) is 6.57. The Morgan fingerprint density at radius 1 is 0.944 bits per heavy atom. The average molecular weight is 503 g/mol. The number of aryl methyl sites for hydroxylation is 2. The number of rotatable bonds is 4. The van der Waals surface area contributed by atoms with E-state index in [0.717, 1.165) is 11.1 Å². The summed E-state index contributed by atoms with van der Waals surface area (Å²) in [6.07, 6.45) is 6.44. The molecule has 5 rings (SSSR count). The SMILES string of the molecule is Cc1ccc(F)c(-c2ncc(N3CCN(C(=O)c4ncccc4C)CC3)nc2-c2ccncc2Cl)c1. The maximum atomic E-state index is 14.8. The maximum absolute atomic E-state index is 14.8. The number of nitrogens with zero attached hydrogens (tertiary/aromatic N) is 6. The number of halogens is 2. The number of pyridine rings is 2. The topological polar surface area (TPSA) is 75.1 Å². The predicted molar refractivity (Wildman–Crippen MR) is 137 cm³/mol. The Kier molecular flexibility index (Phi) is 6.61. The highest BCUT2D eigenvalue weighted by atomic mass is 35.5. The summed E-state index contributed by atoms with van der Waals surface area (Å²) in [4.78, 5) is 34.7. The molecule has 1 saturated heterocycles. The molecule has 0 saturated carbocycles. The molecule has 0 aliphatic carbocycles. The summed E-state index contributed by atoms with van der Waals surface area (Å²) >= 11 is 6.46. The van der Waals surface area contributed by atoms with Crippen molar-refractivity contribution in [2.45, 2.75) is 13.8 Å². The van der Waals surface area contributed by atoms with Gasteiger partial charge < -0.3 is 9.80 Å². The second-order valence-electron chi connectivity index (χ2n) is 8.71. The second-order valence-corrected chi connectivity index (χ2v) is 9.12. The molecule has 0 unspecified atom stereocenters. The molecule has 9 heteroatoms. The van der Waals surface area contributed by atoms with Gasteiger partial charge in [0, 0.05) is 55.9 Å². The zero-order valence-electron chi connectivity index (χ0n) is 19.9. The van der Waals surface area contributed by atoms with Crippen LogP contribution in [0.1, 0.15) is 21.6 Å². The Balaban J connectivity index is 1.46. The largest absolute Gasteiger partial charge is 0.352 e. The summed E-state index contributed by atoms with van der Waals surface area (Å²) in [5.41, 5.74) is 4.11. The van der Waals surface area contributed by atoms with Gasteiger partial charge in [0.15, 0.2) is 0 Å². The minimum atomic E-state index is -0.383. The summed E-state index contributed by atoms with van der Waals surface area (Å²) < 4.78 is 14.8. The van der Waals surface area contributed by atoms with Gasteiger partial charge in [0.2, 0.25) is 0 Å². The van der Waals surface area contributed by atoms with E-state index in [9.17, 15) is 9.18 Å². The van der Waals surface area contributed by atoms with Crippen molar-refractivity contribution in [3.05, 3.63) is 88.8 Å². The average Bonchev–Trinajstić information content (AvgIpc) is 2.90. The number of hydrogen-bond donors (Lipinski definition) is 0. The Morgan fingerprint density at radius 2 is 1.75 bits per heavy atom. The number of anilines is 1. The zero-order valence-corrected chi connectivity index (χ0v) is 20.7. The maximum Gasteiger partial charge on any atom is 0.272 e. The van der Waals surface area contributed by atoms with E-state index >= 15 is 0 Å². The Bertz CT molecular complexity index is 1440. The highest BCUT2D eigenvalue weighted by Crippen LogP contribution is 2.35. The van der Waals surface area contributed by atoms with Crippen molar-refractivity contribution in [3.8, 4) is 22.5 Å². The van der Waals surface area contributed by atoms with Gasteiger partial charge in [-0.15, -0.1) is 0 Å². The molecule has 0 spiro atoms. The van der Waals surface area contributed by atoms with Crippen LogP contribution in [0, 0.1) is 19.7 Å². The third kappa shape index (κ3) is 4.64. The Morgan fingerprint density at radius 3 is 2.50 bits per heavy atom. The first kappa shape index (κ1) is 23.8. The molecule has 4 heterocycles. The number of benzene rings is 1. The van der Waals surface area contributed by atoms with Gasteiger partial charge in [-0.1, -0.05) is 29.3 Å². The summed E-state index contributed by atoms with van der Waals surface area (Å²) in [7, 11) is 0. The van der Waals surface area contributed by atoms with Gasteiger partial charge >= 0.3 is 0 Å². The molecule has 36 heavy (non-hydrogen) atoms. The minimum Gasteiger partial charge on any atom is -0.352 e. The van der Waals surface area contributed by atoms with Crippen molar-refractivity contribution in [1.82, 2.24) is 24.8 Å². The predicted octanol–water partition coefficient (Wildman–Crippen LogP) is 4.97. The molecular formula is C27H24ClFN6O. The standard InChI is InChI=1S/C27H24ClFN6O/c1-17-5-6-22(29)20(14-17)25-26(19-7-9-30-15-21(19)28)33-23(16-32-25)34-10-12-35(13-11-34)27(36)24-18(2)4-3-8-31-24/h3-9,14-16H,10-13H2,1-2H3. The number of carbonyl (C=O) groups is 1. The number of hydrogen-bond acceptors (Lipinski definition) is 6. The Labute approximate surface area is 213 Å². The lowest BCUT2D eigenvalue weighted by Gasteiger charge is -2.35. The highest BCUT2D eigenvalue weighted by Gasteiger charge is 2.26. The van der Waals surface area contributed by atoms with Gasteiger partial charge in [-0.2, -0.15) is 0 Å². The molecule has 7 nitrogen and oxygen atoms in total. The van der Waals surface area contributed by atoms with Gasteiger partial charge in [0.25, 0.3) is 5.91 Å². The number of piperazine rings is 1. The van der Waals surface area contributed by atoms with Crippen LogP contribution in [0.4, 0.5) is 10.2 Å². The normalized spacial score (nSPS) is 13.7. The summed E-state index contributed by atoms with van der Waals surface area (Å²) in [6.45, 7) is 5.99. The first-order chi connectivity index (χ1) is 17.4. The molecule has 0 atom stereocenters. The third-order valence-electron chi connectivity index (χ3n) is 6.27. The zero-order chi connectivity index (χ0) is 25.2. The van der Waals surface area contributed by atoms with E-state index in [0.29, 0.717) is 65.2 Å². The van der Waals surface area contributed by atoms with Gasteiger partial charge in [-0.3, -0.25) is 14.8 Å². The van der Waals surface area contributed by atoms with Crippen molar-refractivity contribution in [1.29, 1.82) is 0 Å². The van der Waals surface area contributed by atoms with Crippen molar-refractivity contribution in [3.63, 3.8) is 0 Å². The fraction of sp³-hybridized carbons (Fsp3) is 0.222. The van der Waals surface area contributed by atoms with Crippen LogP contribution in [0.5, 0.6) is 0 Å². The number of amides is 1. The second kappa shape index (κ2) is 9.99. The van der Waals surface area contributed by atoms with Gasteiger partial charge in [0.1, 0.15) is 23.0 Å². The van der Waals surface area contributed by atoms with Crippen LogP contribution in [0.15, 0.2) is 61.2 Å². The fourth-order valence-corrected chi connectivity index (χ4v) is 4.51. The molecular weight excluding hydrogens is 479 g/mol. The van der Waals surface area contributed by atoms with E-state index in [4.69, 9.17) is 16.6 Å². The van der Waals surface area contributed by atoms with Crippen LogP contribution < -0.4 is 4.90 Å². The van der Waals surface area contributed by atoms with Gasteiger partial charge in [0.05, 0.1) is 16.9 Å². The van der Waals surface area contributed by atoms with Crippen molar-refractivity contribution in [2.75, 3.05) is 31.1 Å². The first-order valence-electron chi connectivity index (χ1n) is 11.6. The quantitative estimate of drug-likeness (QED) is 0.392. The van der Waals surface area contributed by atoms with Crippen molar-refractivity contribution < 1.29 is 9.18 Å². The summed E-state index contributed by atoms with van der Waals surface area (Å²) in [6, 6.07) is 10.4. The Hall–Kier alpha value is -3.91. The molecule has 1 aliphatic rings. The molecule has 1 amide bonds. The number of carbonyl (C=O) groups excluding carboxylic acids is 1. The van der Waals surface area contributed by atoms with Crippen LogP contribution >= 0.6 is 11.6 Å². The van der Waals surface area contributed by atoms with E-state index < -0.39 is 0 Å². The summed E-state index contributed by atoms with van der Waals surface area (Å²) in [5.74, 6) is 0.176. The van der Waals surface area contributed by atoms with E-state index in [-0.39, 0.29) is 11.7 Å². The fourth-order valence-electron chi connectivity index (χ4n) is 4.30. The van der Waals surface area contributed by atoms with Crippen LogP contribution in [-0.2, 0) is 0 Å². The van der Waals surface area contributed by atoms with Crippen molar-refractivity contribution >= 4 is 23.3 Å². The molecule has 1 aliphatic heterocycles. The first-order valence-corrected chi connectivity index (χ1v) is 12.0. The van der Waals surface area contributed by atoms with E-state index in [1.165, 1.54) is 12.3 Å². The van der Waals surface area contributed by atoms with Crippen molar-refractivity contribution in [2.24, 2.45) is 0 Å². The van der Waals surface area contributed by atoms with Crippen LogP contribution in [0.3, 0.4) is 0 Å². The van der Waals surface area contributed by atoms with E-state index in [1.54, 1.807) is 41.7 Å². The molecule has 0 bridgehead atoms. The summed E-state index contributed by atoms with van der Waals surface area (Å²) in [5, 5.41) is 0.402. The highest BCUT2D eigenvalue weighted by molar-refractivity contribution is 6.33. The smallest absolute Gasteiger partial charge is 0.272 e. The van der Waals surface area contributed by atoms with Crippen LogP contribution in [0.2, 0.25) is 5.02 Å². The molecule has 3 aromatic heterocycles. The molecule has 4 aromatic rings. The molecule has 0 N–H and O–H groups in total. The minimum absolute atomic E-state index is 0.0756. The lowest BCUT2D eigenvalue weighted by atomic mass is 10.0. The van der Waals surface area contributed by atoms with E-state index in [1.807, 2.05) is 26.0 Å². The van der Waals surface area contributed by atoms with E-state index in [2.05, 4.69) is 19.9 Å². The van der Waals surface area contributed by atoms with Crippen LogP contribution in [-0.4, -0.2) is 56.9 Å². The monoisotopic (exact) mass is 502 g/mol. The molecule has 0 radical (unpaired) electrons.